The molecule has 0 aliphatic carbocycles. The summed E-state index contributed by atoms with van der Waals surface area (Å²) < 4.78 is 5.37. The fourth-order valence-electron chi connectivity index (χ4n) is 4.02. The molecule has 1 amide bonds. The number of aromatic amines is 1. The van der Waals surface area contributed by atoms with E-state index in [1.54, 1.807) is 19.5 Å². The first-order valence-electron chi connectivity index (χ1n) is 10.8. The number of nitrogens with zero attached hydrogens (tertiary/aromatic N) is 4. The van der Waals surface area contributed by atoms with Crippen LogP contribution in [0.5, 0.6) is 0 Å². The lowest BCUT2D eigenvalue weighted by Crippen LogP contribution is -2.41. The molecule has 3 aromatic rings. The van der Waals surface area contributed by atoms with Gasteiger partial charge in [0.05, 0.1) is 34.6 Å². The highest BCUT2D eigenvalue weighted by molar-refractivity contribution is 6.05. The van der Waals surface area contributed by atoms with Crippen LogP contribution >= 0.6 is 0 Å². The summed E-state index contributed by atoms with van der Waals surface area (Å²) in [5.74, 6) is 0.411. The summed E-state index contributed by atoms with van der Waals surface area (Å²) in [6, 6.07) is 7.49. The minimum atomic E-state index is -0.195. The highest BCUT2D eigenvalue weighted by Gasteiger charge is 2.23. The van der Waals surface area contributed by atoms with Gasteiger partial charge in [-0.3, -0.25) is 14.9 Å². The zero-order chi connectivity index (χ0) is 22.7. The predicted molar refractivity (Wildman–Crippen MR) is 126 cm³/mol. The van der Waals surface area contributed by atoms with Crippen molar-refractivity contribution >= 4 is 34.5 Å². The fourth-order valence-corrected chi connectivity index (χ4v) is 4.02. The van der Waals surface area contributed by atoms with Crippen molar-refractivity contribution in [3.8, 4) is 11.3 Å². The number of nitrogen functional groups attached to an aromatic ring is 2. The minimum absolute atomic E-state index is 0.105. The van der Waals surface area contributed by atoms with E-state index in [-0.39, 0.29) is 18.1 Å². The topological polar surface area (TPSA) is 136 Å². The number of hydrogen-bond acceptors (Lipinski definition) is 7. The molecule has 1 unspecified atom stereocenters. The first kappa shape index (κ1) is 21.8. The minimum Gasteiger partial charge on any atom is -0.398 e. The summed E-state index contributed by atoms with van der Waals surface area (Å²) in [6.45, 7) is 3.36. The third-order valence-corrected chi connectivity index (χ3v) is 5.96. The van der Waals surface area contributed by atoms with Gasteiger partial charge in [-0.25, -0.2) is 4.98 Å². The molecular formula is C23H29N7O2. The number of piperidine rings is 1. The largest absolute Gasteiger partial charge is 0.398 e. The molecule has 0 radical (unpaired) electrons. The van der Waals surface area contributed by atoms with Crippen molar-refractivity contribution in [3.63, 3.8) is 0 Å². The number of anilines is 2. The number of aliphatic imine (C=N–C) groups is 1. The van der Waals surface area contributed by atoms with Crippen LogP contribution in [0.2, 0.25) is 0 Å². The number of benzene rings is 1. The molecule has 3 heterocycles. The number of nitrogens with two attached hydrogens (primary N) is 2. The Morgan fingerprint density at radius 3 is 2.81 bits per heavy atom. The normalized spacial score (nSPS) is 16.1. The standard InChI is InChI=1S/C23H29N7O2/c1-14(11-21(31)30-9-6-16(32-2)7-10-30)26-13-18-22(24)17-4-3-15(19-5-8-27-29-19)12-20(17)28-23(18)25/h3-5,8,12-14,16H,6-7,9-11H2,1-2H3,(H,27,29)(H4,24,25,28). The highest BCUT2D eigenvalue weighted by atomic mass is 16.5. The van der Waals surface area contributed by atoms with E-state index < -0.39 is 0 Å². The van der Waals surface area contributed by atoms with E-state index in [0.29, 0.717) is 29.0 Å². The molecule has 32 heavy (non-hydrogen) atoms. The summed E-state index contributed by atoms with van der Waals surface area (Å²) in [6.07, 6.45) is 5.66. The number of nitrogens with one attached hydrogen (secondary N) is 1. The Kier molecular flexibility index (Phi) is 6.36. The van der Waals surface area contributed by atoms with Crippen LogP contribution in [-0.4, -0.2) is 64.5 Å². The zero-order valence-corrected chi connectivity index (χ0v) is 18.4. The van der Waals surface area contributed by atoms with Crippen LogP contribution < -0.4 is 11.5 Å². The van der Waals surface area contributed by atoms with E-state index in [9.17, 15) is 4.79 Å². The molecule has 9 nitrogen and oxygen atoms in total. The van der Waals surface area contributed by atoms with Crippen LogP contribution in [0, 0.1) is 0 Å². The molecule has 9 heteroatoms. The highest BCUT2D eigenvalue weighted by Crippen LogP contribution is 2.29. The van der Waals surface area contributed by atoms with E-state index in [2.05, 4.69) is 20.2 Å². The van der Waals surface area contributed by atoms with Gasteiger partial charge in [0.25, 0.3) is 0 Å². The van der Waals surface area contributed by atoms with E-state index in [1.165, 1.54) is 0 Å². The van der Waals surface area contributed by atoms with Crippen LogP contribution in [0.4, 0.5) is 11.5 Å². The zero-order valence-electron chi connectivity index (χ0n) is 18.4. The van der Waals surface area contributed by atoms with Gasteiger partial charge < -0.3 is 21.1 Å². The molecular weight excluding hydrogens is 406 g/mol. The number of likely N-dealkylation sites (tertiary alicyclic amines) is 1. The van der Waals surface area contributed by atoms with Crippen LogP contribution in [0.1, 0.15) is 31.7 Å². The van der Waals surface area contributed by atoms with E-state index in [0.717, 1.165) is 42.6 Å². The van der Waals surface area contributed by atoms with Crippen LogP contribution in [-0.2, 0) is 9.53 Å². The third kappa shape index (κ3) is 4.57. The van der Waals surface area contributed by atoms with Gasteiger partial charge in [0.2, 0.25) is 5.91 Å². The second-order valence-electron chi connectivity index (χ2n) is 8.17. The van der Waals surface area contributed by atoms with Crippen molar-refractivity contribution in [1.82, 2.24) is 20.1 Å². The quantitative estimate of drug-likeness (QED) is 0.509. The van der Waals surface area contributed by atoms with Gasteiger partial charge in [0.1, 0.15) is 5.82 Å². The Labute approximate surface area is 186 Å². The molecule has 0 saturated carbocycles. The van der Waals surface area contributed by atoms with Gasteiger partial charge in [-0.2, -0.15) is 5.10 Å². The third-order valence-electron chi connectivity index (χ3n) is 5.96. The second-order valence-corrected chi connectivity index (χ2v) is 8.17. The molecule has 0 spiro atoms. The van der Waals surface area contributed by atoms with E-state index in [1.807, 2.05) is 36.1 Å². The molecule has 1 saturated heterocycles. The fraction of sp³-hybridized carbons (Fsp3) is 0.391. The first-order chi connectivity index (χ1) is 15.5. The van der Waals surface area contributed by atoms with Crippen molar-refractivity contribution < 1.29 is 9.53 Å². The Balaban J connectivity index is 1.47. The van der Waals surface area contributed by atoms with E-state index in [4.69, 9.17) is 16.2 Å². The van der Waals surface area contributed by atoms with Crippen LogP contribution in [0.3, 0.4) is 0 Å². The smallest absolute Gasteiger partial charge is 0.224 e. The molecule has 0 bridgehead atoms. The summed E-state index contributed by atoms with van der Waals surface area (Å²) in [4.78, 5) is 23.5. The summed E-state index contributed by atoms with van der Waals surface area (Å²) in [7, 11) is 1.72. The lowest BCUT2D eigenvalue weighted by Gasteiger charge is -2.31. The Hall–Kier alpha value is -3.46. The maximum Gasteiger partial charge on any atom is 0.224 e. The number of rotatable bonds is 6. The summed E-state index contributed by atoms with van der Waals surface area (Å²) in [5.41, 5.74) is 16.2. The van der Waals surface area contributed by atoms with E-state index >= 15 is 0 Å². The molecule has 4 rings (SSSR count). The lowest BCUT2D eigenvalue weighted by atomic mass is 10.0. The van der Waals surface area contributed by atoms with Crippen molar-refractivity contribution in [3.05, 3.63) is 36.0 Å². The van der Waals surface area contributed by atoms with Gasteiger partial charge >= 0.3 is 0 Å². The Morgan fingerprint density at radius 1 is 1.34 bits per heavy atom. The number of H-pyrrole nitrogens is 1. The molecule has 2 aromatic heterocycles. The van der Waals surface area contributed by atoms with Gasteiger partial charge in [-0.05, 0) is 31.9 Å². The second kappa shape index (κ2) is 9.35. The first-order valence-corrected chi connectivity index (χ1v) is 10.8. The summed E-state index contributed by atoms with van der Waals surface area (Å²) in [5, 5.41) is 7.72. The van der Waals surface area contributed by atoms with Crippen molar-refractivity contribution in [1.29, 1.82) is 0 Å². The van der Waals surface area contributed by atoms with Crippen LogP contribution in [0.15, 0.2) is 35.5 Å². The van der Waals surface area contributed by atoms with Crippen molar-refractivity contribution in [2.24, 2.45) is 4.99 Å². The average Bonchev–Trinajstić information content (AvgIpc) is 3.33. The molecule has 168 valence electrons. The molecule has 1 aliphatic heterocycles. The average molecular weight is 436 g/mol. The lowest BCUT2D eigenvalue weighted by molar-refractivity contribution is -0.133. The monoisotopic (exact) mass is 435 g/mol. The number of ether oxygens (including phenoxy) is 1. The van der Waals surface area contributed by atoms with Gasteiger partial charge in [-0.1, -0.05) is 12.1 Å². The Morgan fingerprint density at radius 2 is 2.12 bits per heavy atom. The number of carbonyl (C=O) groups is 1. The van der Waals surface area contributed by atoms with Gasteiger partial charge in [-0.15, -0.1) is 0 Å². The van der Waals surface area contributed by atoms with Crippen molar-refractivity contribution in [2.45, 2.75) is 38.3 Å². The molecule has 5 N–H and O–H groups in total. The summed E-state index contributed by atoms with van der Waals surface area (Å²) >= 11 is 0. The number of amides is 1. The SMILES string of the molecule is COC1CCN(C(=O)CC(C)N=Cc2c(N)nc3cc(-c4ccn[nH]4)ccc3c2N)CC1. The number of fused-ring (bicyclic) bond motifs is 1. The number of methoxy groups -OCH3 is 1. The molecule has 1 aliphatic rings. The maximum atomic E-state index is 12.6. The molecule has 1 fully saturated rings. The van der Waals surface area contributed by atoms with Crippen molar-refractivity contribution in [2.75, 3.05) is 31.7 Å². The van der Waals surface area contributed by atoms with Gasteiger partial charge in [0.15, 0.2) is 0 Å². The molecule has 1 atom stereocenters. The number of carbonyl (C=O) groups excluding carboxylic acids is 1. The number of hydrogen-bond donors (Lipinski definition) is 3. The molecule has 1 aromatic carbocycles. The van der Waals surface area contributed by atoms with Gasteiger partial charge in [0, 0.05) is 50.0 Å². The maximum absolute atomic E-state index is 12.6. The number of pyridine rings is 1. The predicted octanol–water partition coefficient (Wildman–Crippen LogP) is 2.62. The van der Waals surface area contributed by atoms with Crippen LogP contribution in [0.25, 0.3) is 22.2 Å². The Bertz CT molecular complexity index is 1120. The number of aromatic nitrogens is 3.